The number of carboxylic acid groups (broad SMARTS) is 1. The van der Waals surface area contributed by atoms with E-state index in [0.29, 0.717) is 12.0 Å². The monoisotopic (exact) mass is 413 g/mol. The Balaban J connectivity index is 2.73. The molecule has 0 aliphatic heterocycles. The van der Waals surface area contributed by atoms with Crippen molar-refractivity contribution in [1.82, 2.24) is 5.32 Å². The van der Waals surface area contributed by atoms with E-state index in [0.717, 1.165) is 18.6 Å². The summed E-state index contributed by atoms with van der Waals surface area (Å²) in [5.74, 6) is -1.93. The number of nitrogens with one attached hydrogen (secondary N) is 1. The summed E-state index contributed by atoms with van der Waals surface area (Å²) in [6.45, 7) is 2.02. The molecule has 0 spiro atoms. The van der Waals surface area contributed by atoms with Gasteiger partial charge in [-0.2, -0.15) is 21.6 Å². The number of alkyl halides is 3. The molecule has 8 nitrogen and oxygen atoms in total. The lowest BCUT2D eigenvalue weighted by Gasteiger charge is -2.15. The van der Waals surface area contributed by atoms with Gasteiger partial charge in [-0.25, -0.2) is 9.59 Å². The summed E-state index contributed by atoms with van der Waals surface area (Å²) in [5, 5.41) is 11.3. The Hall–Kier alpha value is -2.50. The van der Waals surface area contributed by atoms with E-state index in [1.54, 1.807) is 0 Å². The topological polar surface area (TPSA) is 119 Å². The highest BCUT2D eigenvalue weighted by atomic mass is 32.2. The van der Waals surface area contributed by atoms with Crippen molar-refractivity contribution < 1.29 is 45.2 Å². The molecule has 2 N–H and O–H groups in total. The van der Waals surface area contributed by atoms with Gasteiger partial charge in [-0.05, 0) is 24.1 Å². The lowest BCUT2D eigenvalue weighted by atomic mass is 10.1. The average Bonchev–Trinajstić information content (AvgIpc) is 2.54. The number of rotatable bonds is 9. The van der Waals surface area contributed by atoms with Gasteiger partial charge in [-0.1, -0.05) is 25.5 Å². The van der Waals surface area contributed by atoms with Crippen LogP contribution in [-0.2, 0) is 26.1 Å². The second-order valence-electron chi connectivity index (χ2n) is 5.36. The first-order valence-electron chi connectivity index (χ1n) is 7.72. The summed E-state index contributed by atoms with van der Waals surface area (Å²) in [4.78, 5) is 22.8. The normalized spacial score (nSPS) is 12.9. The van der Waals surface area contributed by atoms with E-state index in [1.807, 2.05) is 6.92 Å². The highest BCUT2D eigenvalue weighted by Crippen LogP contribution is 2.27. The molecular formula is C15H18F3NO7S. The van der Waals surface area contributed by atoms with Crippen molar-refractivity contribution in [2.24, 2.45) is 0 Å². The number of carbonyl (C=O) groups excluding carboxylic acids is 1. The SMILES string of the molecule is CCCCOC(=O)N[C@@H](Cc1ccc(OS(=O)(=O)C(F)(F)F)cc1)C(=O)O. The minimum Gasteiger partial charge on any atom is -0.480 e. The molecule has 0 saturated heterocycles. The van der Waals surface area contributed by atoms with Crippen LogP contribution in [0.5, 0.6) is 5.75 Å². The van der Waals surface area contributed by atoms with Gasteiger partial charge in [-0.15, -0.1) is 0 Å². The maximum atomic E-state index is 12.3. The van der Waals surface area contributed by atoms with Gasteiger partial charge < -0.3 is 19.3 Å². The summed E-state index contributed by atoms with van der Waals surface area (Å²) < 4.78 is 67.4. The predicted molar refractivity (Wildman–Crippen MR) is 86.6 cm³/mol. The number of alkyl carbamates (subject to hydrolysis) is 1. The number of hydrogen-bond donors (Lipinski definition) is 2. The minimum atomic E-state index is -5.79. The maximum Gasteiger partial charge on any atom is 0.534 e. The van der Waals surface area contributed by atoms with Crippen molar-refractivity contribution in [3.05, 3.63) is 29.8 Å². The number of hydrogen-bond acceptors (Lipinski definition) is 6. The standard InChI is InChI=1S/C15H18F3NO7S/c1-2-3-8-25-14(22)19-12(13(20)21)9-10-4-6-11(7-5-10)26-27(23,24)15(16,17)18/h4-7,12H,2-3,8-9H2,1H3,(H,19,22)(H,20,21)/t12-/m0/s1. The largest absolute Gasteiger partial charge is 0.534 e. The number of benzene rings is 1. The van der Waals surface area contributed by atoms with Crippen LogP contribution >= 0.6 is 0 Å². The molecule has 0 radical (unpaired) electrons. The second kappa shape index (κ2) is 9.44. The highest BCUT2D eigenvalue weighted by molar-refractivity contribution is 7.88. The third-order valence-corrected chi connectivity index (χ3v) is 4.15. The Bertz CT molecular complexity index is 748. The van der Waals surface area contributed by atoms with E-state index in [9.17, 15) is 31.2 Å². The van der Waals surface area contributed by atoms with Gasteiger partial charge in [0.05, 0.1) is 6.61 Å². The zero-order chi connectivity index (χ0) is 20.7. The lowest BCUT2D eigenvalue weighted by molar-refractivity contribution is -0.139. The molecule has 1 rings (SSSR count). The van der Waals surface area contributed by atoms with Crippen LogP contribution in [-0.4, -0.2) is 43.7 Å². The third kappa shape index (κ3) is 7.33. The fraction of sp³-hybridized carbons (Fsp3) is 0.467. The van der Waals surface area contributed by atoms with Crippen molar-refractivity contribution in [2.45, 2.75) is 37.7 Å². The third-order valence-electron chi connectivity index (χ3n) is 3.17. The van der Waals surface area contributed by atoms with Crippen molar-refractivity contribution in [3.8, 4) is 5.75 Å². The summed E-state index contributed by atoms with van der Waals surface area (Å²) in [6.07, 6.45) is 0.290. The Morgan fingerprint density at radius 1 is 1.22 bits per heavy atom. The zero-order valence-corrected chi connectivity index (χ0v) is 15.0. The van der Waals surface area contributed by atoms with Gasteiger partial charge in [0.25, 0.3) is 0 Å². The van der Waals surface area contributed by atoms with E-state index in [2.05, 4.69) is 9.50 Å². The van der Waals surface area contributed by atoms with Gasteiger partial charge in [0.15, 0.2) is 0 Å². The molecule has 1 amide bonds. The smallest absolute Gasteiger partial charge is 0.480 e. The fourth-order valence-corrected chi connectivity index (χ4v) is 2.24. The molecule has 1 aromatic carbocycles. The Morgan fingerprint density at radius 2 is 1.81 bits per heavy atom. The summed E-state index contributed by atoms with van der Waals surface area (Å²) in [7, 11) is -5.79. The lowest BCUT2D eigenvalue weighted by Crippen LogP contribution is -2.42. The Morgan fingerprint density at radius 3 is 2.30 bits per heavy atom. The molecular weight excluding hydrogens is 395 g/mol. The van der Waals surface area contributed by atoms with Crippen LogP contribution in [0.4, 0.5) is 18.0 Å². The molecule has 0 unspecified atom stereocenters. The molecule has 0 heterocycles. The number of carboxylic acids is 1. The van der Waals surface area contributed by atoms with E-state index in [4.69, 9.17) is 9.84 Å². The van der Waals surface area contributed by atoms with Gasteiger partial charge in [-0.3, -0.25) is 0 Å². The fourth-order valence-electron chi connectivity index (χ4n) is 1.78. The first-order valence-corrected chi connectivity index (χ1v) is 9.13. The van der Waals surface area contributed by atoms with Crippen molar-refractivity contribution in [2.75, 3.05) is 6.61 Å². The van der Waals surface area contributed by atoms with Gasteiger partial charge in [0.2, 0.25) is 0 Å². The molecule has 27 heavy (non-hydrogen) atoms. The first kappa shape index (κ1) is 22.5. The molecule has 1 aromatic rings. The molecule has 1 atom stereocenters. The number of aliphatic carboxylic acids is 1. The molecule has 0 fully saturated rings. The number of carbonyl (C=O) groups is 2. The summed E-state index contributed by atoms with van der Waals surface area (Å²) in [6, 6.07) is 2.90. The first-order chi connectivity index (χ1) is 12.5. The molecule has 152 valence electrons. The number of halogens is 3. The Kier molecular flexibility index (Phi) is 7.88. The van der Waals surface area contributed by atoms with E-state index in [-0.39, 0.29) is 13.0 Å². The van der Waals surface area contributed by atoms with Crippen molar-refractivity contribution in [1.29, 1.82) is 0 Å². The molecule has 12 heteroatoms. The summed E-state index contributed by atoms with van der Waals surface area (Å²) >= 11 is 0. The summed E-state index contributed by atoms with van der Waals surface area (Å²) in [5.41, 5.74) is -5.25. The van der Waals surface area contributed by atoms with Gasteiger partial charge >= 0.3 is 27.7 Å². The number of amides is 1. The van der Waals surface area contributed by atoms with Crippen LogP contribution in [0.1, 0.15) is 25.3 Å². The van der Waals surface area contributed by atoms with Gasteiger partial charge in [0, 0.05) is 6.42 Å². The Labute approximate surface area is 153 Å². The molecule has 0 aliphatic carbocycles. The van der Waals surface area contributed by atoms with Crippen LogP contribution in [0.3, 0.4) is 0 Å². The average molecular weight is 413 g/mol. The number of unbranched alkanes of at least 4 members (excludes halogenated alkanes) is 1. The van der Waals surface area contributed by atoms with Crippen LogP contribution in [0.15, 0.2) is 24.3 Å². The van der Waals surface area contributed by atoms with Crippen LogP contribution in [0, 0.1) is 0 Å². The molecule has 0 aromatic heterocycles. The van der Waals surface area contributed by atoms with Crippen LogP contribution in [0.25, 0.3) is 0 Å². The van der Waals surface area contributed by atoms with Crippen molar-refractivity contribution in [3.63, 3.8) is 0 Å². The quantitative estimate of drug-likeness (QED) is 0.363. The van der Waals surface area contributed by atoms with Gasteiger partial charge in [0.1, 0.15) is 11.8 Å². The molecule has 0 saturated carbocycles. The molecule has 0 aliphatic rings. The second-order valence-corrected chi connectivity index (χ2v) is 6.89. The molecule has 0 bridgehead atoms. The highest BCUT2D eigenvalue weighted by Gasteiger charge is 2.48. The minimum absolute atomic E-state index is 0.133. The zero-order valence-electron chi connectivity index (χ0n) is 14.2. The maximum absolute atomic E-state index is 12.3. The number of ether oxygens (including phenoxy) is 1. The van der Waals surface area contributed by atoms with Crippen LogP contribution < -0.4 is 9.50 Å². The predicted octanol–water partition coefficient (Wildman–Crippen LogP) is 2.44. The van der Waals surface area contributed by atoms with Crippen LogP contribution in [0.2, 0.25) is 0 Å². The van der Waals surface area contributed by atoms with Crippen molar-refractivity contribution >= 4 is 22.2 Å². The van der Waals surface area contributed by atoms with E-state index >= 15 is 0 Å². The van der Waals surface area contributed by atoms with E-state index in [1.165, 1.54) is 12.1 Å². The van der Waals surface area contributed by atoms with E-state index < -0.39 is 39.5 Å².